The predicted octanol–water partition coefficient (Wildman–Crippen LogP) is 2.76. The Morgan fingerprint density at radius 2 is 2.16 bits per heavy atom. The van der Waals surface area contributed by atoms with Crippen molar-refractivity contribution in [2.45, 2.75) is 6.42 Å². The van der Waals surface area contributed by atoms with Crippen molar-refractivity contribution in [3.63, 3.8) is 0 Å². The fourth-order valence-electron chi connectivity index (χ4n) is 2.07. The van der Waals surface area contributed by atoms with Gasteiger partial charge in [0.1, 0.15) is 0 Å². The van der Waals surface area contributed by atoms with Crippen LogP contribution in [-0.4, -0.2) is 29.3 Å². The molecule has 2 rings (SSSR count). The molecular weight excluding hydrogens is 394 g/mol. The fourth-order valence-corrected chi connectivity index (χ4v) is 2.53. The number of hydrogen-bond donors (Lipinski definition) is 2. The average molecular weight is 408 g/mol. The number of halogens is 1. The number of rotatable bonds is 6. The molecule has 1 amide bonds. The number of phenolic OH excluding ortho intramolecular Hbond substituents is 1. The third-order valence-corrected chi connectivity index (χ3v) is 3.68. The van der Waals surface area contributed by atoms with Crippen LogP contribution in [0.25, 0.3) is 0 Å². The summed E-state index contributed by atoms with van der Waals surface area (Å²) in [5, 5.41) is 24.7. The van der Waals surface area contributed by atoms with E-state index in [1.807, 2.05) is 0 Å². The first-order valence-electron chi connectivity index (χ1n) is 7.03. The van der Waals surface area contributed by atoms with Gasteiger partial charge >= 0.3 is 0 Å². The Morgan fingerprint density at radius 1 is 1.44 bits per heavy atom. The van der Waals surface area contributed by atoms with E-state index in [2.05, 4.69) is 26.5 Å². The molecule has 2 aromatic rings. The monoisotopic (exact) mass is 407 g/mol. The Morgan fingerprint density at radius 3 is 2.84 bits per heavy atom. The van der Waals surface area contributed by atoms with Crippen molar-refractivity contribution < 1.29 is 19.6 Å². The molecule has 0 aliphatic rings. The highest BCUT2D eigenvalue weighted by Crippen LogP contribution is 2.32. The standard InChI is InChI=1S/C16H14BrN3O5/c1-25-14-8-12(17)6-11(16(14)22)9-18-19-15(21)7-10-4-2-3-5-13(10)20(23)24/h2-6,8-9,22H,7H2,1H3,(H,19,21). The quantitative estimate of drug-likeness (QED) is 0.434. The maximum absolute atomic E-state index is 11.9. The van der Waals surface area contributed by atoms with E-state index in [9.17, 15) is 20.0 Å². The maximum atomic E-state index is 11.9. The summed E-state index contributed by atoms with van der Waals surface area (Å²) in [7, 11) is 1.41. The fraction of sp³-hybridized carbons (Fsp3) is 0.125. The Labute approximate surface area is 151 Å². The van der Waals surface area contributed by atoms with Gasteiger partial charge in [0.15, 0.2) is 11.5 Å². The molecule has 0 unspecified atom stereocenters. The van der Waals surface area contributed by atoms with Gasteiger partial charge < -0.3 is 9.84 Å². The molecule has 130 valence electrons. The van der Waals surface area contributed by atoms with Crippen LogP contribution in [0.5, 0.6) is 11.5 Å². The molecule has 0 saturated heterocycles. The zero-order chi connectivity index (χ0) is 18.4. The van der Waals surface area contributed by atoms with Crippen LogP contribution in [0.3, 0.4) is 0 Å². The molecule has 0 heterocycles. The van der Waals surface area contributed by atoms with Crippen molar-refractivity contribution in [3.8, 4) is 11.5 Å². The highest BCUT2D eigenvalue weighted by atomic mass is 79.9. The molecule has 8 nitrogen and oxygen atoms in total. The van der Waals surface area contributed by atoms with Crippen LogP contribution in [0.15, 0.2) is 46.0 Å². The summed E-state index contributed by atoms with van der Waals surface area (Å²) >= 11 is 3.27. The van der Waals surface area contributed by atoms with Crippen LogP contribution < -0.4 is 10.2 Å². The molecule has 0 aliphatic carbocycles. The van der Waals surface area contributed by atoms with Crippen LogP contribution in [-0.2, 0) is 11.2 Å². The first kappa shape index (κ1) is 18.4. The molecular formula is C16H14BrN3O5. The number of carbonyl (C=O) groups is 1. The van der Waals surface area contributed by atoms with Gasteiger partial charge in [0, 0.05) is 21.7 Å². The molecule has 0 fully saturated rings. The second-order valence-electron chi connectivity index (χ2n) is 4.90. The third kappa shape index (κ3) is 4.77. The van der Waals surface area contributed by atoms with Crippen LogP contribution in [0, 0.1) is 10.1 Å². The average Bonchev–Trinajstić information content (AvgIpc) is 2.57. The number of nitrogens with zero attached hydrogens (tertiary/aromatic N) is 2. The number of carbonyl (C=O) groups excluding carboxylic acids is 1. The molecule has 0 saturated carbocycles. The summed E-state index contributed by atoms with van der Waals surface area (Å²) in [6.45, 7) is 0. The molecule has 25 heavy (non-hydrogen) atoms. The smallest absolute Gasteiger partial charge is 0.273 e. The predicted molar refractivity (Wildman–Crippen MR) is 94.9 cm³/mol. The first-order chi connectivity index (χ1) is 11.9. The topological polar surface area (TPSA) is 114 Å². The molecule has 0 spiro atoms. The summed E-state index contributed by atoms with van der Waals surface area (Å²) < 4.78 is 5.68. The summed E-state index contributed by atoms with van der Waals surface area (Å²) in [6.07, 6.45) is 1.06. The Hall–Kier alpha value is -2.94. The minimum absolute atomic E-state index is 0.123. The lowest BCUT2D eigenvalue weighted by Crippen LogP contribution is -2.20. The highest BCUT2D eigenvalue weighted by Gasteiger charge is 2.15. The van der Waals surface area contributed by atoms with Gasteiger partial charge in [-0.2, -0.15) is 5.10 Å². The number of hydrazone groups is 1. The van der Waals surface area contributed by atoms with Crippen molar-refractivity contribution in [1.82, 2.24) is 5.43 Å². The number of phenols is 1. The number of nitrogens with one attached hydrogen (secondary N) is 1. The van der Waals surface area contributed by atoms with Crippen molar-refractivity contribution in [3.05, 3.63) is 62.1 Å². The SMILES string of the molecule is COc1cc(Br)cc(C=NNC(=O)Cc2ccccc2[N+](=O)[O-])c1O. The number of para-hydroxylation sites is 1. The summed E-state index contributed by atoms with van der Waals surface area (Å²) in [5.41, 5.74) is 2.76. The molecule has 9 heteroatoms. The van der Waals surface area contributed by atoms with Crippen molar-refractivity contribution in [1.29, 1.82) is 0 Å². The van der Waals surface area contributed by atoms with Gasteiger partial charge in [-0.25, -0.2) is 5.43 Å². The van der Waals surface area contributed by atoms with Crippen LogP contribution in [0.2, 0.25) is 0 Å². The Bertz CT molecular complexity index is 839. The number of benzene rings is 2. The Kier molecular flexibility index (Phi) is 6.07. The van der Waals surface area contributed by atoms with Gasteiger partial charge in [-0.05, 0) is 12.1 Å². The largest absolute Gasteiger partial charge is 0.504 e. The first-order valence-corrected chi connectivity index (χ1v) is 7.82. The van der Waals surface area contributed by atoms with E-state index >= 15 is 0 Å². The van der Waals surface area contributed by atoms with Gasteiger partial charge in [0.2, 0.25) is 5.91 Å². The molecule has 0 radical (unpaired) electrons. The van der Waals surface area contributed by atoms with Gasteiger partial charge in [0.25, 0.3) is 5.69 Å². The molecule has 2 N–H and O–H groups in total. The van der Waals surface area contributed by atoms with E-state index in [0.717, 1.165) is 0 Å². The maximum Gasteiger partial charge on any atom is 0.273 e. The van der Waals surface area contributed by atoms with Crippen molar-refractivity contribution in [2.24, 2.45) is 5.10 Å². The van der Waals surface area contributed by atoms with E-state index in [1.54, 1.807) is 18.2 Å². The van der Waals surface area contributed by atoms with E-state index in [-0.39, 0.29) is 29.2 Å². The van der Waals surface area contributed by atoms with E-state index in [4.69, 9.17) is 4.74 Å². The number of hydrogen-bond acceptors (Lipinski definition) is 6. The van der Waals surface area contributed by atoms with Crippen molar-refractivity contribution in [2.75, 3.05) is 7.11 Å². The van der Waals surface area contributed by atoms with Gasteiger partial charge in [-0.3, -0.25) is 14.9 Å². The van der Waals surface area contributed by atoms with Crippen LogP contribution >= 0.6 is 15.9 Å². The highest BCUT2D eigenvalue weighted by molar-refractivity contribution is 9.10. The van der Waals surface area contributed by atoms with Crippen LogP contribution in [0.1, 0.15) is 11.1 Å². The number of aromatic hydroxyl groups is 1. The van der Waals surface area contributed by atoms with Gasteiger partial charge in [-0.1, -0.05) is 34.1 Å². The summed E-state index contributed by atoms with van der Waals surface area (Å²) in [6, 6.07) is 9.16. The van der Waals surface area contributed by atoms with E-state index < -0.39 is 10.8 Å². The van der Waals surface area contributed by atoms with Crippen LogP contribution in [0.4, 0.5) is 5.69 Å². The summed E-state index contributed by atoms with van der Waals surface area (Å²) in [4.78, 5) is 22.3. The number of nitro benzene ring substituents is 1. The molecule has 0 bridgehead atoms. The normalized spacial score (nSPS) is 10.6. The lowest BCUT2D eigenvalue weighted by atomic mass is 10.1. The number of amides is 1. The lowest BCUT2D eigenvalue weighted by Gasteiger charge is -2.06. The van der Waals surface area contributed by atoms with Crippen molar-refractivity contribution >= 4 is 33.7 Å². The molecule has 0 aromatic heterocycles. The zero-order valence-corrected chi connectivity index (χ0v) is 14.7. The number of nitro groups is 1. The molecule has 2 aromatic carbocycles. The third-order valence-electron chi connectivity index (χ3n) is 3.22. The van der Waals surface area contributed by atoms with E-state index in [1.165, 1.54) is 31.5 Å². The minimum atomic E-state index is -0.544. The summed E-state index contributed by atoms with van der Waals surface area (Å²) in [5.74, 6) is -0.392. The number of ether oxygens (including phenoxy) is 1. The number of methoxy groups -OCH3 is 1. The lowest BCUT2D eigenvalue weighted by molar-refractivity contribution is -0.385. The second-order valence-corrected chi connectivity index (χ2v) is 5.82. The zero-order valence-electron chi connectivity index (χ0n) is 13.1. The van der Waals surface area contributed by atoms with Gasteiger partial charge in [-0.15, -0.1) is 0 Å². The Balaban J connectivity index is 2.07. The second kappa shape index (κ2) is 8.25. The van der Waals surface area contributed by atoms with Gasteiger partial charge in [0.05, 0.1) is 24.7 Å². The van der Waals surface area contributed by atoms with E-state index in [0.29, 0.717) is 10.0 Å². The molecule has 0 aliphatic heterocycles. The molecule has 0 atom stereocenters. The minimum Gasteiger partial charge on any atom is -0.504 e.